The van der Waals surface area contributed by atoms with Crippen LogP contribution in [0.5, 0.6) is 46.0 Å². The van der Waals surface area contributed by atoms with Crippen molar-refractivity contribution in [2.45, 2.75) is 0 Å². The maximum Gasteiger partial charge on any atom is 0.135 e. The Morgan fingerprint density at radius 3 is 1.22 bits per heavy atom. The van der Waals surface area contributed by atoms with Gasteiger partial charge in [-0.15, -0.1) is 0 Å². The van der Waals surface area contributed by atoms with Crippen molar-refractivity contribution in [3.05, 3.63) is 170 Å². The maximum atomic E-state index is 6.11. The summed E-state index contributed by atoms with van der Waals surface area (Å²) in [6.45, 7) is 0. The fourth-order valence-electron chi connectivity index (χ4n) is 4.87. The van der Waals surface area contributed by atoms with Crippen molar-refractivity contribution < 1.29 is 18.9 Å². The number of nitrogens with two attached hydrogens (primary N) is 4. The highest BCUT2D eigenvalue weighted by atomic mass is 16.5. The fraction of sp³-hybridized carbons (Fsp3) is 0. The number of nitrogen functional groups attached to an aromatic ring is 4. The van der Waals surface area contributed by atoms with E-state index in [9.17, 15) is 0 Å². The number of rotatable bonds is 9. The Morgan fingerprint density at radius 1 is 0.280 bits per heavy atom. The molecule has 50 heavy (non-hydrogen) atoms. The first-order valence-electron chi connectivity index (χ1n) is 15.8. The van der Waals surface area contributed by atoms with Crippen molar-refractivity contribution >= 4 is 22.7 Å². The molecular formula is C42H36N4O4. The van der Waals surface area contributed by atoms with Crippen molar-refractivity contribution in [3.8, 4) is 57.1 Å². The molecule has 0 saturated carbocycles. The van der Waals surface area contributed by atoms with Gasteiger partial charge in [0.2, 0.25) is 0 Å². The minimum atomic E-state index is 0.657. The molecule has 0 aliphatic heterocycles. The Kier molecular flexibility index (Phi) is 10.3. The zero-order valence-corrected chi connectivity index (χ0v) is 27.1. The highest BCUT2D eigenvalue weighted by Crippen LogP contribution is 2.38. The van der Waals surface area contributed by atoms with Gasteiger partial charge in [0.15, 0.2) is 0 Å². The van der Waals surface area contributed by atoms with E-state index in [0.717, 1.165) is 28.4 Å². The van der Waals surface area contributed by atoms with Gasteiger partial charge in [0, 0.05) is 46.5 Å². The molecule has 0 amide bonds. The van der Waals surface area contributed by atoms with E-state index in [0.29, 0.717) is 51.5 Å². The van der Waals surface area contributed by atoms with Crippen LogP contribution in [0.25, 0.3) is 11.1 Å². The molecule has 248 valence electrons. The molecule has 0 unspecified atom stereocenters. The molecule has 0 radical (unpaired) electrons. The maximum absolute atomic E-state index is 6.11. The van der Waals surface area contributed by atoms with Gasteiger partial charge in [0.05, 0.1) is 0 Å². The minimum absolute atomic E-state index is 0.657. The Balaban J connectivity index is 0.000000178. The minimum Gasteiger partial charge on any atom is -0.457 e. The quantitative estimate of drug-likeness (QED) is 0.112. The lowest BCUT2D eigenvalue weighted by molar-refractivity contribution is 0.460. The molecule has 0 saturated heterocycles. The van der Waals surface area contributed by atoms with E-state index in [2.05, 4.69) is 0 Å². The largest absolute Gasteiger partial charge is 0.457 e. The van der Waals surface area contributed by atoms with E-state index < -0.39 is 0 Å². The summed E-state index contributed by atoms with van der Waals surface area (Å²) >= 11 is 0. The van der Waals surface area contributed by atoms with Crippen molar-refractivity contribution in [1.29, 1.82) is 0 Å². The third kappa shape index (κ3) is 9.27. The second-order valence-corrected chi connectivity index (χ2v) is 11.2. The summed E-state index contributed by atoms with van der Waals surface area (Å²) < 4.78 is 23.7. The SMILES string of the molecule is Nc1ccc(Oc2ccc(Oc3ccc(N)cc3)c(-c3ccccc3)c2)cc1.Nc1cccc(Oc2cccc(Oc3cccc(N)c3)c2)c1. The molecule has 8 nitrogen and oxygen atoms in total. The Hall–Kier alpha value is -7.06. The monoisotopic (exact) mass is 660 g/mol. The molecule has 7 rings (SSSR count). The predicted octanol–water partition coefficient (Wildman–Crippen LogP) is 10.5. The average Bonchev–Trinajstić information content (AvgIpc) is 3.12. The van der Waals surface area contributed by atoms with Gasteiger partial charge < -0.3 is 41.9 Å². The van der Waals surface area contributed by atoms with Crippen LogP contribution in [-0.2, 0) is 0 Å². The summed E-state index contributed by atoms with van der Waals surface area (Å²) in [4.78, 5) is 0. The van der Waals surface area contributed by atoms with Crippen molar-refractivity contribution in [2.24, 2.45) is 0 Å². The van der Waals surface area contributed by atoms with Crippen LogP contribution in [0.1, 0.15) is 0 Å². The van der Waals surface area contributed by atoms with E-state index in [1.165, 1.54) is 0 Å². The molecule has 0 aliphatic carbocycles. The molecule has 0 bridgehead atoms. The van der Waals surface area contributed by atoms with Gasteiger partial charge in [-0.3, -0.25) is 0 Å². The lowest BCUT2D eigenvalue weighted by atomic mass is 10.0. The summed E-state index contributed by atoms with van der Waals surface area (Å²) in [7, 11) is 0. The van der Waals surface area contributed by atoms with Gasteiger partial charge in [-0.25, -0.2) is 0 Å². The van der Waals surface area contributed by atoms with Crippen molar-refractivity contribution in [2.75, 3.05) is 22.9 Å². The van der Waals surface area contributed by atoms with E-state index in [4.69, 9.17) is 41.9 Å². The van der Waals surface area contributed by atoms with Gasteiger partial charge in [0.1, 0.15) is 46.0 Å². The topological polar surface area (TPSA) is 141 Å². The number of hydrogen-bond donors (Lipinski definition) is 4. The molecule has 0 heterocycles. The first kappa shape index (κ1) is 32.9. The van der Waals surface area contributed by atoms with Crippen LogP contribution >= 0.6 is 0 Å². The molecule has 7 aromatic carbocycles. The number of ether oxygens (including phenoxy) is 4. The molecule has 0 spiro atoms. The van der Waals surface area contributed by atoms with Gasteiger partial charge in [-0.2, -0.15) is 0 Å². The lowest BCUT2D eigenvalue weighted by Crippen LogP contribution is -1.92. The van der Waals surface area contributed by atoms with Crippen molar-refractivity contribution in [3.63, 3.8) is 0 Å². The van der Waals surface area contributed by atoms with Crippen LogP contribution in [0.4, 0.5) is 22.7 Å². The second kappa shape index (κ2) is 15.7. The molecular weight excluding hydrogens is 624 g/mol. The summed E-state index contributed by atoms with van der Waals surface area (Å²) in [6.07, 6.45) is 0. The molecule has 0 fully saturated rings. The summed E-state index contributed by atoms with van der Waals surface area (Å²) in [5.41, 5.74) is 27.7. The van der Waals surface area contributed by atoms with Gasteiger partial charge in [-0.1, -0.05) is 48.5 Å². The molecule has 0 atom stereocenters. The van der Waals surface area contributed by atoms with Crippen LogP contribution in [0.2, 0.25) is 0 Å². The van der Waals surface area contributed by atoms with Crippen LogP contribution in [-0.4, -0.2) is 0 Å². The first-order valence-corrected chi connectivity index (χ1v) is 15.8. The smallest absolute Gasteiger partial charge is 0.135 e. The first-order chi connectivity index (χ1) is 24.4. The normalized spacial score (nSPS) is 10.3. The van der Waals surface area contributed by atoms with E-state index in [1.807, 2.05) is 158 Å². The Morgan fingerprint density at radius 2 is 0.700 bits per heavy atom. The lowest BCUT2D eigenvalue weighted by Gasteiger charge is -2.14. The highest BCUT2D eigenvalue weighted by Gasteiger charge is 2.11. The van der Waals surface area contributed by atoms with E-state index in [1.54, 1.807) is 12.1 Å². The molecule has 8 N–H and O–H groups in total. The number of hydrogen-bond acceptors (Lipinski definition) is 8. The summed E-state index contributed by atoms with van der Waals surface area (Å²) in [5.74, 6) is 5.61. The highest BCUT2D eigenvalue weighted by molar-refractivity contribution is 5.72. The zero-order chi connectivity index (χ0) is 34.7. The average molecular weight is 661 g/mol. The second-order valence-electron chi connectivity index (χ2n) is 11.2. The predicted molar refractivity (Wildman–Crippen MR) is 202 cm³/mol. The van der Waals surface area contributed by atoms with Crippen LogP contribution in [0.3, 0.4) is 0 Å². The van der Waals surface area contributed by atoms with E-state index >= 15 is 0 Å². The third-order valence-electron chi connectivity index (χ3n) is 7.25. The standard InChI is InChI=1S/C24H20N2O2.C18H16N2O2/c25-18-6-10-20(11-7-18)27-22-14-15-24(28-21-12-8-19(26)9-13-21)23(16-22)17-4-2-1-3-5-17;19-13-4-1-6-15(10-13)21-17-8-3-9-18(12-17)22-16-7-2-5-14(20)11-16/h1-16H,25-26H2;1-12H,19-20H2. The summed E-state index contributed by atoms with van der Waals surface area (Å²) in [5, 5.41) is 0. The van der Waals surface area contributed by atoms with E-state index in [-0.39, 0.29) is 0 Å². The third-order valence-corrected chi connectivity index (χ3v) is 7.25. The molecule has 0 aliphatic rings. The molecule has 8 heteroatoms. The molecule has 7 aromatic rings. The Bertz CT molecular complexity index is 2090. The number of anilines is 4. The van der Waals surface area contributed by atoms with Crippen LogP contribution < -0.4 is 41.9 Å². The Labute approximate surface area is 291 Å². The zero-order valence-electron chi connectivity index (χ0n) is 27.1. The molecule has 0 aromatic heterocycles. The van der Waals surface area contributed by atoms with Crippen molar-refractivity contribution in [1.82, 2.24) is 0 Å². The fourth-order valence-corrected chi connectivity index (χ4v) is 4.87. The van der Waals surface area contributed by atoms with Gasteiger partial charge in [-0.05, 0) is 109 Å². The van der Waals surface area contributed by atoms with Crippen LogP contribution in [0, 0.1) is 0 Å². The van der Waals surface area contributed by atoms with Crippen LogP contribution in [0.15, 0.2) is 170 Å². The van der Waals surface area contributed by atoms with Gasteiger partial charge in [0.25, 0.3) is 0 Å². The summed E-state index contributed by atoms with van der Waals surface area (Å²) in [6, 6.07) is 52.4. The van der Waals surface area contributed by atoms with Gasteiger partial charge >= 0.3 is 0 Å². The number of benzene rings is 7.